The normalized spacial score (nSPS) is 11.6. The molecule has 5 nitrogen and oxygen atoms in total. The zero-order valence-corrected chi connectivity index (χ0v) is 13.5. The molecule has 0 heterocycles. The molecule has 22 heavy (non-hydrogen) atoms. The van der Waals surface area contributed by atoms with Gasteiger partial charge in [-0.2, -0.15) is 0 Å². The number of methoxy groups -OCH3 is 1. The Morgan fingerprint density at radius 1 is 1.14 bits per heavy atom. The first-order chi connectivity index (χ1) is 10.5. The Hall–Kier alpha value is -2.34. The average molecular weight is 318 g/mol. The summed E-state index contributed by atoms with van der Waals surface area (Å²) in [5.74, 6) is 0.671. The Morgan fingerprint density at radius 2 is 1.91 bits per heavy atom. The number of hydrogen-bond acceptors (Lipinski definition) is 3. The van der Waals surface area contributed by atoms with Crippen molar-refractivity contribution in [1.29, 1.82) is 0 Å². The van der Waals surface area contributed by atoms with Crippen LogP contribution in [0.2, 0.25) is 0 Å². The van der Waals surface area contributed by atoms with Crippen molar-refractivity contribution < 1.29 is 13.7 Å². The van der Waals surface area contributed by atoms with Gasteiger partial charge in [-0.1, -0.05) is 12.1 Å². The quantitative estimate of drug-likeness (QED) is 0.908. The van der Waals surface area contributed by atoms with E-state index >= 15 is 0 Å². The van der Waals surface area contributed by atoms with Crippen molar-refractivity contribution in [3.63, 3.8) is 0 Å². The van der Waals surface area contributed by atoms with E-state index < -0.39 is 10.8 Å². The molecular weight excluding hydrogens is 300 g/mol. The molecule has 0 aromatic heterocycles. The lowest BCUT2D eigenvalue weighted by Crippen LogP contribution is -2.20. The number of ether oxygens (including phenoxy) is 1. The van der Waals surface area contributed by atoms with Crippen molar-refractivity contribution in [3.8, 4) is 5.75 Å². The maximum Gasteiger partial charge on any atom is 0.323 e. The Kier molecular flexibility index (Phi) is 5.16. The van der Waals surface area contributed by atoms with Crippen LogP contribution in [0.3, 0.4) is 0 Å². The Morgan fingerprint density at radius 3 is 2.59 bits per heavy atom. The van der Waals surface area contributed by atoms with Gasteiger partial charge in [-0.15, -0.1) is 0 Å². The zero-order valence-electron chi connectivity index (χ0n) is 12.7. The van der Waals surface area contributed by atoms with Crippen LogP contribution in [-0.2, 0) is 10.8 Å². The summed E-state index contributed by atoms with van der Waals surface area (Å²) >= 11 is 0. The van der Waals surface area contributed by atoms with Gasteiger partial charge in [-0.3, -0.25) is 4.21 Å². The highest BCUT2D eigenvalue weighted by Crippen LogP contribution is 2.22. The van der Waals surface area contributed by atoms with E-state index in [1.807, 2.05) is 19.1 Å². The molecular formula is C16H18N2O3S. The van der Waals surface area contributed by atoms with E-state index in [-0.39, 0.29) is 6.03 Å². The van der Waals surface area contributed by atoms with Crippen molar-refractivity contribution in [2.75, 3.05) is 24.0 Å². The average Bonchev–Trinajstić information content (AvgIpc) is 2.49. The minimum Gasteiger partial charge on any atom is -0.497 e. The van der Waals surface area contributed by atoms with Crippen molar-refractivity contribution >= 4 is 28.2 Å². The monoisotopic (exact) mass is 318 g/mol. The van der Waals surface area contributed by atoms with Crippen LogP contribution in [0.15, 0.2) is 47.4 Å². The van der Waals surface area contributed by atoms with Crippen LogP contribution < -0.4 is 15.4 Å². The van der Waals surface area contributed by atoms with Gasteiger partial charge in [0.25, 0.3) is 0 Å². The lowest BCUT2D eigenvalue weighted by Gasteiger charge is -2.11. The second-order valence-electron chi connectivity index (χ2n) is 4.74. The minimum absolute atomic E-state index is 0.365. The molecule has 6 heteroatoms. The maximum atomic E-state index is 12.1. The molecule has 0 aliphatic rings. The van der Waals surface area contributed by atoms with E-state index in [0.717, 1.165) is 5.56 Å². The Bertz CT molecular complexity index is 716. The predicted octanol–water partition coefficient (Wildman–Crippen LogP) is 3.39. The molecule has 0 aliphatic carbocycles. The number of amides is 2. The number of benzene rings is 2. The summed E-state index contributed by atoms with van der Waals surface area (Å²) in [6.07, 6.45) is 1.60. The summed E-state index contributed by atoms with van der Waals surface area (Å²) in [5.41, 5.74) is 2.19. The van der Waals surface area contributed by atoms with Crippen LogP contribution in [0.1, 0.15) is 5.56 Å². The van der Waals surface area contributed by atoms with Gasteiger partial charge in [-0.25, -0.2) is 4.79 Å². The van der Waals surface area contributed by atoms with Gasteiger partial charge < -0.3 is 15.4 Å². The van der Waals surface area contributed by atoms with Gasteiger partial charge in [0, 0.05) is 39.4 Å². The number of hydrogen-bond donors (Lipinski definition) is 2. The number of urea groups is 1. The molecule has 2 aromatic rings. The lowest BCUT2D eigenvalue weighted by atomic mass is 10.2. The smallest absolute Gasteiger partial charge is 0.323 e. The van der Waals surface area contributed by atoms with Gasteiger partial charge in [-0.05, 0) is 36.8 Å². The molecule has 0 saturated carbocycles. The van der Waals surface area contributed by atoms with Crippen molar-refractivity contribution in [1.82, 2.24) is 0 Å². The standard InChI is InChI=1S/C16H18N2O3S/c1-11-7-8-13(21-2)10-15(11)18-16(19)17-12-5-4-6-14(9-12)22(3)20/h4-10H,1-3H3,(H2,17,18,19). The van der Waals surface area contributed by atoms with Crippen molar-refractivity contribution in [2.24, 2.45) is 0 Å². The highest BCUT2D eigenvalue weighted by Gasteiger charge is 2.07. The van der Waals surface area contributed by atoms with Gasteiger partial charge in [0.15, 0.2) is 0 Å². The van der Waals surface area contributed by atoms with Gasteiger partial charge in [0.2, 0.25) is 0 Å². The summed E-state index contributed by atoms with van der Waals surface area (Å²) in [7, 11) is 0.486. The molecule has 116 valence electrons. The third kappa shape index (κ3) is 4.08. The SMILES string of the molecule is COc1ccc(C)c(NC(=O)Nc2cccc(S(C)=O)c2)c1. The zero-order chi connectivity index (χ0) is 16.1. The number of aryl methyl sites for hydroxylation is 1. The van der Waals surface area contributed by atoms with Crippen LogP contribution in [0, 0.1) is 6.92 Å². The summed E-state index contributed by atoms with van der Waals surface area (Å²) in [5, 5.41) is 5.50. The fourth-order valence-corrected chi connectivity index (χ4v) is 2.46. The van der Waals surface area contributed by atoms with E-state index in [2.05, 4.69) is 10.6 Å². The van der Waals surface area contributed by atoms with E-state index in [4.69, 9.17) is 4.74 Å². The van der Waals surface area contributed by atoms with Crippen LogP contribution in [0.25, 0.3) is 0 Å². The second-order valence-corrected chi connectivity index (χ2v) is 6.12. The molecule has 2 rings (SSSR count). The summed E-state index contributed by atoms with van der Waals surface area (Å²) in [6, 6.07) is 12.0. The molecule has 2 amide bonds. The van der Waals surface area contributed by atoms with E-state index in [9.17, 15) is 9.00 Å². The van der Waals surface area contributed by atoms with Crippen LogP contribution >= 0.6 is 0 Å². The third-order valence-corrected chi connectivity index (χ3v) is 4.03. The number of anilines is 2. The molecule has 0 spiro atoms. The molecule has 0 aliphatic heterocycles. The molecule has 1 unspecified atom stereocenters. The van der Waals surface area contributed by atoms with E-state index in [1.165, 1.54) is 0 Å². The van der Waals surface area contributed by atoms with Gasteiger partial charge >= 0.3 is 6.03 Å². The fourth-order valence-electron chi connectivity index (χ4n) is 1.90. The first-order valence-electron chi connectivity index (χ1n) is 6.65. The first kappa shape index (κ1) is 16.0. The van der Waals surface area contributed by atoms with E-state index in [1.54, 1.807) is 43.7 Å². The van der Waals surface area contributed by atoms with Crippen molar-refractivity contribution in [2.45, 2.75) is 11.8 Å². The summed E-state index contributed by atoms with van der Waals surface area (Å²) in [6.45, 7) is 1.90. The molecule has 0 bridgehead atoms. The lowest BCUT2D eigenvalue weighted by molar-refractivity contribution is 0.262. The number of rotatable bonds is 4. The van der Waals surface area contributed by atoms with E-state index in [0.29, 0.717) is 22.0 Å². The number of carbonyl (C=O) groups excluding carboxylic acids is 1. The topological polar surface area (TPSA) is 67.4 Å². The molecule has 2 aromatic carbocycles. The third-order valence-electron chi connectivity index (χ3n) is 3.12. The molecule has 0 fully saturated rings. The first-order valence-corrected chi connectivity index (χ1v) is 8.21. The van der Waals surface area contributed by atoms with Gasteiger partial charge in [0.1, 0.15) is 5.75 Å². The van der Waals surface area contributed by atoms with Crippen LogP contribution in [0.4, 0.5) is 16.2 Å². The minimum atomic E-state index is -1.09. The summed E-state index contributed by atoms with van der Waals surface area (Å²) < 4.78 is 16.6. The number of carbonyl (C=O) groups is 1. The highest BCUT2D eigenvalue weighted by molar-refractivity contribution is 7.84. The fraction of sp³-hybridized carbons (Fsp3) is 0.188. The van der Waals surface area contributed by atoms with Gasteiger partial charge in [0.05, 0.1) is 7.11 Å². The molecule has 2 N–H and O–H groups in total. The van der Waals surface area contributed by atoms with Crippen molar-refractivity contribution in [3.05, 3.63) is 48.0 Å². The van der Waals surface area contributed by atoms with Crippen LogP contribution in [0.5, 0.6) is 5.75 Å². The molecule has 1 atom stereocenters. The predicted molar refractivity (Wildman–Crippen MR) is 89.1 cm³/mol. The van der Waals surface area contributed by atoms with Crippen LogP contribution in [-0.4, -0.2) is 23.6 Å². The highest BCUT2D eigenvalue weighted by atomic mass is 32.2. The largest absolute Gasteiger partial charge is 0.497 e. The Balaban J connectivity index is 2.10. The maximum absolute atomic E-state index is 12.1. The molecule has 0 radical (unpaired) electrons. The molecule has 0 saturated heterocycles. The second kappa shape index (κ2) is 7.09. The Labute approximate surface area is 132 Å². The summed E-state index contributed by atoms with van der Waals surface area (Å²) in [4.78, 5) is 12.7. The number of nitrogens with one attached hydrogen (secondary N) is 2.